The van der Waals surface area contributed by atoms with Crippen molar-refractivity contribution in [1.29, 1.82) is 0 Å². The maximum Gasteiger partial charge on any atom is 0.146 e. The number of rotatable bonds is 3. The molecule has 2 rings (SSSR count). The summed E-state index contributed by atoms with van der Waals surface area (Å²) in [5, 5.41) is 3.49. The summed E-state index contributed by atoms with van der Waals surface area (Å²) in [7, 11) is 0. The van der Waals surface area contributed by atoms with Crippen LogP contribution in [0, 0.1) is 11.8 Å². The second-order valence-corrected chi connectivity index (χ2v) is 5.57. The molecule has 1 fully saturated rings. The van der Waals surface area contributed by atoms with Crippen LogP contribution in [0.1, 0.15) is 33.1 Å². The smallest absolute Gasteiger partial charge is 0.146 e. The molecule has 1 saturated carbocycles. The summed E-state index contributed by atoms with van der Waals surface area (Å²) < 4.78 is 0.771. The summed E-state index contributed by atoms with van der Waals surface area (Å²) in [4.78, 5) is 8.18. The third-order valence-electron chi connectivity index (χ3n) is 3.89. The van der Waals surface area contributed by atoms with Crippen LogP contribution in [-0.4, -0.2) is 16.0 Å². The highest BCUT2D eigenvalue weighted by Gasteiger charge is 2.31. The summed E-state index contributed by atoms with van der Waals surface area (Å²) in [5.41, 5.74) is 5.75. The molecule has 0 aliphatic heterocycles. The fraction of sp³-hybridized carbons (Fsp3) is 0.667. The molecule has 5 heteroatoms. The summed E-state index contributed by atoms with van der Waals surface area (Å²) in [5.74, 6) is 2.81. The minimum absolute atomic E-state index is 0.486. The fourth-order valence-corrected chi connectivity index (χ4v) is 3.01. The van der Waals surface area contributed by atoms with Crippen LogP contribution >= 0.6 is 15.9 Å². The van der Waals surface area contributed by atoms with Crippen molar-refractivity contribution in [3.63, 3.8) is 0 Å². The zero-order valence-corrected chi connectivity index (χ0v) is 11.9. The van der Waals surface area contributed by atoms with Crippen LogP contribution in [-0.2, 0) is 0 Å². The first-order valence-electron chi connectivity index (χ1n) is 6.16. The van der Waals surface area contributed by atoms with Gasteiger partial charge in [-0.05, 0) is 40.6 Å². The van der Waals surface area contributed by atoms with Gasteiger partial charge in [-0.3, -0.25) is 0 Å². The van der Waals surface area contributed by atoms with Crippen molar-refractivity contribution in [3.8, 4) is 0 Å². The lowest BCUT2D eigenvalue weighted by atomic mass is 9.93. The third kappa shape index (κ3) is 2.54. The van der Waals surface area contributed by atoms with E-state index in [4.69, 9.17) is 5.73 Å². The minimum atomic E-state index is 0.486. The van der Waals surface area contributed by atoms with Crippen molar-refractivity contribution >= 4 is 27.6 Å². The van der Waals surface area contributed by atoms with E-state index < -0.39 is 0 Å². The molecule has 1 aromatic rings. The Morgan fingerprint density at radius 2 is 2.24 bits per heavy atom. The molecule has 1 aliphatic carbocycles. The molecule has 3 atom stereocenters. The maximum atomic E-state index is 5.75. The van der Waals surface area contributed by atoms with E-state index in [1.807, 2.05) is 0 Å². The van der Waals surface area contributed by atoms with E-state index in [-0.39, 0.29) is 0 Å². The lowest BCUT2D eigenvalue weighted by Gasteiger charge is -2.22. The molecule has 0 saturated heterocycles. The molecule has 0 aromatic carbocycles. The van der Waals surface area contributed by atoms with E-state index in [0.29, 0.717) is 17.8 Å². The highest BCUT2D eigenvalue weighted by Crippen LogP contribution is 2.36. The Labute approximate surface area is 111 Å². The lowest BCUT2D eigenvalue weighted by molar-refractivity contribution is 0.391. The van der Waals surface area contributed by atoms with Crippen LogP contribution in [0.3, 0.4) is 0 Å². The van der Waals surface area contributed by atoms with Gasteiger partial charge in [0.2, 0.25) is 0 Å². The zero-order chi connectivity index (χ0) is 12.4. The Balaban J connectivity index is 2.09. The lowest BCUT2D eigenvalue weighted by Crippen LogP contribution is -2.25. The Hall–Kier alpha value is -0.840. The first kappa shape index (κ1) is 12.6. The van der Waals surface area contributed by atoms with Crippen LogP contribution in [0.25, 0.3) is 0 Å². The van der Waals surface area contributed by atoms with E-state index in [9.17, 15) is 0 Å². The van der Waals surface area contributed by atoms with Crippen molar-refractivity contribution in [1.82, 2.24) is 9.97 Å². The second kappa shape index (κ2) is 5.21. The van der Waals surface area contributed by atoms with Gasteiger partial charge in [0.05, 0.1) is 0 Å². The van der Waals surface area contributed by atoms with Crippen molar-refractivity contribution < 1.29 is 0 Å². The van der Waals surface area contributed by atoms with Gasteiger partial charge >= 0.3 is 0 Å². The average molecular weight is 299 g/mol. The highest BCUT2D eigenvalue weighted by molar-refractivity contribution is 9.10. The quantitative estimate of drug-likeness (QED) is 0.900. The van der Waals surface area contributed by atoms with Gasteiger partial charge in [0.25, 0.3) is 0 Å². The van der Waals surface area contributed by atoms with Gasteiger partial charge in [-0.2, -0.15) is 0 Å². The number of halogens is 1. The van der Waals surface area contributed by atoms with E-state index in [2.05, 4.69) is 45.1 Å². The van der Waals surface area contributed by atoms with Crippen LogP contribution < -0.4 is 11.1 Å². The van der Waals surface area contributed by atoms with Gasteiger partial charge < -0.3 is 11.1 Å². The molecule has 4 nitrogen and oxygen atoms in total. The first-order valence-corrected chi connectivity index (χ1v) is 6.95. The molecule has 17 heavy (non-hydrogen) atoms. The Morgan fingerprint density at radius 3 is 2.88 bits per heavy atom. The number of nitrogens with zero attached hydrogens (tertiary/aromatic N) is 2. The molecule has 0 amide bonds. The SMILES string of the molecule is CCC1CCC(Nc2ncnc(N)c2Br)C1C. The largest absolute Gasteiger partial charge is 0.383 e. The summed E-state index contributed by atoms with van der Waals surface area (Å²) in [6.07, 6.45) is 5.26. The highest BCUT2D eigenvalue weighted by atomic mass is 79.9. The van der Waals surface area contributed by atoms with E-state index in [0.717, 1.165) is 16.2 Å². The molecule has 94 valence electrons. The molecule has 0 radical (unpaired) electrons. The van der Waals surface area contributed by atoms with Crippen LogP contribution in [0.15, 0.2) is 10.8 Å². The molecular formula is C12H19BrN4. The predicted octanol–water partition coefficient (Wildman–Crippen LogP) is 3.06. The molecule has 3 unspecified atom stereocenters. The van der Waals surface area contributed by atoms with Gasteiger partial charge in [-0.15, -0.1) is 0 Å². The second-order valence-electron chi connectivity index (χ2n) is 4.78. The zero-order valence-electron chi connectivity index (χ0n) is 10.3. The fourth-order valence-electron chi connectivity index (χ4n) is 2.69. The van der Waals surface area contributed by atoms with Gasteiger partial charge in [-0.25, -0.2) is 9.97 Å². The maximum absolute atomic E-state index is 5.75. The van der Waals surface area contributed by atoms with Crippen molar-refractivity contribution in [3.05, 3.63) is 10.8 Å². The number of nitrogens with one attached hydrogen (secondary N) is 1. The van der Waals surface area contributed by atoms with E-state index >= 15 is 0 Å². The predicted molar refractivity (Wildman–Crippen MR) is 73.7 cm³/mol. The molecule has 3 N–H and O–H groups in total. The molecule has 1 heterocycles. The van der Waals surface area contributed by atoms with Crippen LogP contribution in [0.4, 0.5) is 11.6 Å². The van der Waals surface area contributed by atoms with Gasteiger partial charge in [0, 0.05) is 6.04 Å². The monoisotopic (exact) mass is 298 g/mol. The first-order chi connectivity index (χ1) is 8.13. The van der Waals surface area contributed by atoms with Gasteiger partial charge in [0.15, 0.2) is 0 Å². The standard InChI is InChI=1S/C12H19BrN4/c1-3-8-4-5-9(7(8)2)17-12-10(13)11(14)15-6-16-12/h6-9H,3-5H2,1-2H3,(H3,14,15,16,17). The van der Waals surface area contributed by atoms with Crippen LogP contribution in [0.2, 0.25) is 0 Å². The van der Waals surface area contributed by atoms with E-state index in [1.54, 1.807) is 0 Å². The summed E-state index contributed by atoms with van der Waals surface area (Å²) in [6.45, 7) is 4.58. The Bertz CT molecular complexity index is 396. The molecule has 1 aliphatic rings. The Kier molecular flexibility index (Phi) is 3.86. The Morgan fingerprint density at radius 1 is 1.47 bits per heavy atom. The number of hydrogen-bond donors (Lipinski definition) is 2. The average Bonchev–Trinajstić information content (AvgIpc) is 2.66. The summed E-state index contributed by atoms with van der Waals surface area (Å²) >= 11 is 3.43. The molecule has 0 bridgehead atoms. The van der Waals surface area contributed by atoms with Gasteiger partial charge in [0.1, 0.15) is 22.4 Å². The van der Waals surface area contributed by atoms with Crippen molar-refractivity contribution in [2.45, 2.75) is 39.2 Å². The number of nitrogen functional groups attached to an aromatic ring is 1. The number of hydrogen-bond acceptors (Lipinski definition) is 4. The van der Waals surface area contributed by atoms with Crippen LogP contribution in [0.5, 0.6) is 0 Å². The molecule has 0 spiro atoms. The number of nitrogens with two attached hydrogens (primary N) is 1. The topological polar surface area (TPSA) is 63.8 Å². The molecular weight excluding hydrogens is 280 g/mol. The van der Waals surface area contributed by atoms with Crippen molar-refractivity contribution in [2.75, 3.05) is 11.1 Å². The number of aromatic nitrogens is 2. The van der Waals surface area contributed by atoms with Crippen molar-refractivity contribution in [2.24, 2.45) is 11.8 Å². The normalized spacial score (nSPS) is 28.3. The minimum Gasteiger partial charge on any atom is -0.383 e. The van der Waals surface area contributed by atoms with E-state index in [1.165, 1.54) is 25.6 Å². The molecule has 1 aromatic heterocycles. The summed E-state index contributed by atoms with van der Waals surface area (Å²) in [6, 6.07) is 0.491. The van der Waals surface area contributed by atoms with Gasteiger partial charge in [-0.1, -0.05) is 20.3 Å². The third-order valence-corrected chi connectivity index (χ3v) is 4.67. The number of anilines is 2.